The van der Waals surface area contributed by atoms with Crippen molar-refractivity contribution in [3.05, 3.63) is 204 Å². The van der Waals surface area contributed by atoms with Crippen LogP contribution in [0.1, 0.15) is 59.0 Å². The van der Waals surface area contributed by atoms with Crippen molar-refractivity contribution in [1.82, 2.24) is 30.5 Å². The molecular weight excluding hydrogens is 1130 g/mol. The van der Waals surface area contributed by atoms with Gasteiger partial charge in [-0.25, -0.2) is 24.5 Å². The summed E-state index contributed by atoms with van der Waals surface area (Å²) in [4.78, 5) is 77.7. The number of nitrogens with two attached hydrogens (primary N) is 2. The molecular formula is C63H68ClN13O10. The molecule has 0 bridgehead atoms. The number of aliphatic imine (C=N–C) groups is 1. The Morgan fingerprint density at radius 3 is 1.79 bits per heavy atom. The zero-order valence-corrected chi connectivity index (χ0v) is 49.2. The van der Waals surface area contributed by atoms with E-state index in [1.54, 1.807) is 76.7 Å². The summed E-state index contributed by atoms with van der Waals surface area (Å²) >= 11 is 0. The average molecular weight is 1200 g/mol. The van der Waals surface area contributed by atoms with Gasteiger partial charge in [-0.15, -0.1) is 23.9 Å². The highest BCUT2D eigenvalue weighted by atomic mass is 35.5. The van der Waals surface area contributed by atoms with Gasteiger partial charge in [-0.2, -0.15) is 5.26 Å². The molecule has 0 radical (unpaired) electrons. The first-order valence-electron chi connectivity index (χ1n) is 26.9. The third kappa shape index (κ3) is 23.1. The molecule has 6 heterocycles. The van der Waals surface area contributed by atoms with Gasteiger partial charge in [-0.1, -0.05) is 126 Å². The maximum absolute atomic E-state index is 12.7. The van der Waals surface area contributed by atoms with Gasteiger partial charge in [0.2, 0.25) is 11.7 Å². The van der Waals surface area contributed by atoms with E-state index < -0.39 is 24.0 Å². The molecule has 0 aliphatic carbocycles. The van der Waals surface area contributed by atoms with Crippen LogP contribution in [0.3, 0.4) is 0 Å². The van der Waals surface area contributed by atoms with Crippen molar-refractivity contribution in [2.75, 3.05) is 50.3 Å². The number of nitrogens with one attached hydrogen (secondary N) is 2. The molecule has 3 aliphatic rings. The normalized spacial score (nSPS) is 14.2. The summed E-state index contributed by atoms with van der Waals surface area (Å²) in [5, 5.41) is 28.8. The number of pyridine rings is 2. The highest BCUT2D eigenvalue weighted by Crippen LogP contribution is 2.28. The second-order valence-electron chi connectivity index (χ2n) is 18.3. The van der Waals surface area contributed by atoms with Crippen molar-refractivity contribution in [2.24, 2.45) is 21.6 Å². The number of anilines is 2. The molecule has 24 heteroatoms. The Kier molecular flexibility index (Phi) is 29.6. The van der Waals surface area contributed by atoms with Gasteiger partial charge in [0.1, 0.15) is 37.0 Å². The number of ether oxygens (including phenoxy) is 4. The minimum absolute atomic E-state index is 0. The summed E-state index contributed by atoms with van der Waals surface area (Å²) in [6.45, 7) is 4.46. The molecule has 2 atom stereocenters. The average Bonchev–Trinajstić information content (AvgIpc) is 2.64. The highest BCUT2D eigenvalue weighted by molar-refractivity contribution is 6.02. The van der Waals surface area contributed by atoms with Crippen molar-refractivity contribution in [2.45, 2.75) is 58.0 Å². The van der Waals surface area contributed by atoms with E-state index in [1.165, 1.54) is 15.4 Å². The number of nitrogens with zero attached hydrogens (tertiary/aromatic N) is 9. The number of H-pyrrole nitrogens is 1. The number of oxime groups is 1. The molecule has 0 saturated carbocycles. The molecule has 452 valence electrons. The number of aromatic amines is 1. The molecule has 0 spiro atoms. The van der Waals surface area contributed by atoms with Gasteiger partial charge < -0.3 is 40.9 Å². The molecule has 7 aromatic rings. The zero-order valence-electron chi connectivity index (χ0n) is 48.4. The van der Waals surface area contributed by atoms with Crippen LogP contribution in [-0.4, -0.2) is 124 Å². The molecule has 7 N–H and O–H groups in total. The Labute approximate surface area is 510 Å². The van der Waals surface area contributed by atoms with Gasteiger partial charge >= 0.3 is 11.9 Å². The maximum Gasteiger partial charge on any atom is 0.384 e. The number of halogens is 1. The lowest BCUT2D eigenvalue weighted by Gasteiger charge is -2.18. The number of terminal acetylenes is 1. The van der Waals surface area contributed by atoms with Gasteiger partial charge in [-0.3, -0.25) is 34.3 Å². The number of hydrogen-bond donors (Lipinski definition) is 5. The van der Waals surface area contributed by atoms with Crippen molar-refractivity contribution < 1.29 is 48.1 Å². The van der Waals surface area contributed by atoms with Crippen LogP contribution in [0.4, 0.5) is 11.6 Å². The monoisotopic (exact) mass is 1200 g/mol. The Morgan fingerprint density at radius 2 is 1.28 bits per heavy atom. The van der Waals surface area contributed by atoms with Crippen LogP contribution in [0.25, 0.3) is 0 Å². The summed E-state index contributed by atoms with van der Waals surface area (Å²) in [5.41, 5.74) is 17.0. The van der Waals surface area contributed by atoms with Gasteiger partial charge in [0.05, 0.1) is 31.3 Å². The Hall–Kier alpha value is -10.8. The zero-order chi connectivity index (χ0) is 62.1. The molecule has 3 aliphatic heterocycles. The largest absolute Gasteiger partial charge is 0.488 e. The predicted octanol–water partition coefficient (Wildman–Crippen LogP) is 6.56. The molecule has 3 amide bonds. The van der Waals surface area contributed by atoms with Crippen LogP contribution < -0.4 is 36.1 Å². The lowest BCUT2D eigenvalue weighted by molar-refractivity contribution is -0.138. The maximum atomic E-state index is 12.7. The van der Waals surface area contributed by atoms with Crippen molar-refractivity contribution >= 4 is 65.3 Å². The molecule has 23 nitrogen and oxygen atoms in total. The van der Waals surface area contributed by atoms with E-state index in [1.807, 2.05) is 109 Å². The number of rotatable bonds is 12. The number of hydrogen-bond acceptors (Lipinski definition) is 18. The lowest BCUT2D eigenvalue weighted by atomic mass is 10.0. The van der Waals surface area contributed by atoms with Gasteiger partial charge in [-0.05, 0) is 60.4 Å². The van der Waals surface area contributed by atoms with Gasteiger partial charge in [0, 0.05) is 70.0 Å². The highest BCUT2D eigenvalue weighted by Gasteiger charge is 2.32. The molecule has 3 aromatic heterocycles. The Bertz CT molecular complexity index is 3490. The van der Waals surface area contributed by atoms with E-state index in [-0.39, 0.29) is 55.1 Å². The van der Waals surface area contributed by atoms with Crippen LogP contribution in [0.15, 0.2) is 180 Å². The Balaban J connectivity index is 0.000000238. The number of aromatic nitrogens is 5. The first-order valence-corrected chi connectivity index (χ1v) is 26.9. The van der Waals surface area contributed by atoms with E-state index in [0.717, 1.165) is 28.8 Å². The second-order valence-corrected chi connectivity index (χ2v) is 18.3. The number of carbonyl (C=O) groups excluding carboxylic acids is 5. The number of amides is 3. The topological polar surface area (TPSA) is 329 Å². The van der Waals surface area contributed by atoms with Crippen LogP contribution in [0, 0.1) is 23.7 Å². The van der Waals surface area contributed by atoms with Crippen LogP contribution in [0.2, 0.25) is 0 Å². The van der Waals surface area contributed by atoms with Crippen LogP contribution in [0.5, 0.6) is 11.5 Å². The smallest absolute Gasteiger partial charge is 0.384 e. The molecule has 10 rings (SSSR count). The van der Waals surface area contributed by atoms with Crippen molar-refractivity contribution in [1.29, 1.82) is 5.26 Å². The molecule has 0 fully saturated rings. The lowest BCUT2D eigenvalue weighted by Crippen LogP contribution is -2.49. The first kappa shape index (κ1) is 68.7. The summed E-state index contributed by atoms with van der Waals surface area (Å²) < 4.78 is 20.2. The van der Waals surface area contributed by atoms with Crippen LogP contribution >= 0.6 is 12.4 Å². The van der Waals surface area contributed by atoms with Gasteiger partial charge in [0.15, 0.2) is 23.1 Å². The number of fused-ring (bicyclic) bond motifs is 2. The van der Waals surface area contributed by atoms with Crippen molar-refractivity contribution in [3.8, 4) is 29.9 Å². The molecule has 0 saturated heterocycles. The van der Waals surface area contributed by atoms with E-state index >= 15 is 0 Å². The molecule has 0 unspecified atom stereocenters. The standard InChI is InChI=1S/C19H18N6O3.C14H15NO2.C9H11N3O2.C8H10N2O.C8H7N.C5H6O2.ClH/c1-25-17-14(8-5-9-20-17)28-11-13(19(25)27)21-18(26)16-22-15(23-24-16)10-12-6-3-2-4-7-12;1-2-17-14(16)12-9-13(15-10-12)8-11-6-4-3-5-7-11;1-12-8-7(3-2-4-11-8)14-5-6(10)9(12)13;9-8(10-11)6-7-4-2-1-3-5-7;9-7-6-8-4-2-1-3-5-8;1-3-5(6)7-4-2;/h2-9,13H,10-11H2,1H3,(H,21,26)(H,22,23,24);3-7,10H,2,8-9H2,1H3;2-4,6H,5,10H2,1H3;1-5,11H,6H2,(H2,9,10);1-5H,6H2;1H,4H2,2H3;1H/t13-;;6-;;;;/m0.0..../s1. The fourth-order valence-corrected chi connectivity index (χ4v) is 7.74. The number of amidine groups is 1. The first-order chi connectivity index (χ1) is 41.7. The Morgan fingerprint density at radius 1 is 0.759 bits per heavy atom. The molecule has 87 heavy (non-hydrogen) atoms. The number of likely N-dealkylation sites (N-methyl/N-ethyl adjacent to an activating group) is 2. The summed E-state index contributed by atoms with van der Waals surface area (Å²) in [5.74, 6) is 2.68. The fraction of sp³-hybridized carbons (Fsp3) is 0.238. The minimum Gasteiger partial charge on any atom is -0.488 e. The number of carbonyl (C=O) groups is 5. The summed E-state index contributed by atoms with van der Waals surface area (Å²) in [6.07, 6.45) is 12.4. The van der Waals surface area contributed by atoms with E-state index in [0.29, 0.717) is 73.4 Å². The van der Waals surface area contributed by atoms with Gasteiger partial charge in [0.25, 0.3) is 11.8 Å². The number of benzene rings is 4. The third-order valence-electron chi connectivity index (χ3n) is 12.0. The molecule has 4 aromatic carbocycles. The van der Waals surface area contributed by atoms with E-state index in [2.05, 4.69) is 70.0 Å². The van der Waals surface area contributed by atoms with E-state index in [4.69, 9.17) is 36.1 Å². The third-order valence-corrected chi connectivity index (χ3v) is 12.0. The predicted molar refractivity (Wildman–Crippen MR) is 330 cm³/mol. The minimum atomic E-state index is -0.872. The van der Waals surface area contributed by atoms with E-state index in [9.17, 15) is 24.0 Å². The van der Waals surface area contributed by atoms with Crippen molar-refractivity contribution in [3.63, 3.8) is 0 Å². The fourth-order valence-electron chi connectivity index (χ4n) is 7.74. The quantitative estimate of drug-likeness (QED) is 0.0164. The SMILES string of the molecule is C#CC(=O)OCC.CCOC(=O)C1=CN=C(Cc2ccccc2)C1.CN1C(=O)[C@@H](N)COc2cccnc21.CN1C(=O)[C@@H](NC(=O)c2n[nH]c(Cc3ccccc3)n2)COc2cccnc21.Cl.N#CCc1ccccc1.N/C(Cc1ccccc1)=N\O. The summed E-state index contributed by atoms with van der Waals surface area (Å²) in [7, 11) is 3.23. The summed E-state index contributed by atoms with van der Waals surface area (Å²) in [6, 6.07) is 46.7. The number of nitriles is 1. The number of esters is 2. The second kappa shape index (κ2) is 37.5. The van der Waals surface area contributed by atoms with Crippen LogP contribution in [-0.2, 0) is 54.3 Å².